The molecule has 0 amide bonds. The Morgan fingerprint density at radius 2 is 1.83 bits per heavy atom. The van der Waals surface area contributed by atoms with Crippen LogP contribution in [0.3, 0.4) is 0 Å². The van der Waals surface area contributed by atoms with Crippen LogP contribution in [0.25, 0.3) is 0 Å². The lowest BCUT2D eigenvalue weighted by Crippen LogP contribution is -1.81. The number of rotatable bonds is 3. The van der Waals surface area contributed by atoms with Crippen molar-refractivity contribution in [2.45, 2.75) is 27.2 Å². The lowest BCUT2D eigenvalue weighted by Gasteiger charge is -2.02. The summed E-state index contributed by atoms with van der Waals surface area (Å²) in [6, 6.07) is 0. The molecule has 0 aliphatic heterocycles. The van der Waals surface area contributed by atoms with Crippen molar-refractivity contribution in [3.8, 4) is 0 Å². The van der Waals surface area contributed by atoms with Gasteiger partial charge in [0.15, 0.2) is 0 Å². The van der Waals surface area contributed by atoms with Gasteiger partial charge in [-0.15, -0.1) is 0 Å². The van der Waals surface area contributed by atoms with E-state index >= 15 is 0 Å². The van der Waals surface area contributed by atoms with Gasteiger partial charge < -0.3 is 0 Å². The van der Waals surface area contributed by atoms with Gasteiger partial charge in [-0.05, 0) is 31.9 Å². The van der Waals surface area contributed by atoms with E-state index in [-0.39, 0.29) is 0 Å². The van der Waals surface area contributed by atoms with Crippen molar-refractivity contribution in [1.82, 2.24) is 0 Å². The highest BCUT2D eigenvalue weighted by atomic mass is 35.5. The van der Waals surface area contributed by atoms with Gasteiger partial charge in [0.1, 0.15) is 0 Å². The normalized spacial score (nSPS) is 14.2. The summed E-state index contributed by atoms with van der Waals surface area (Å²) in [6.07, 6.45) is 2.63. The predicted molar refractivity (Wildman–Crippen MR) is 57.6 cm³/mol. The van der Waals surface area contributed by atoms with E-state index in [1.807, 2.05) is 26.8 Å². The fraction of sp³-hybridized carbons (Fsp3) is 0.400. The zero-order chi connectivity index (χ0) is 9.72. The van der Waals surface area contributed by atoms with E-state index in [2.05, 4.69) is 6.58 Å². The largest absolute Gasteiger partial charge is 0.0961 e. The molecule has 0 N–H and O–H groups in total. The molecule has 0 unspecified atom stereocenters. The highest BCUT2D eigenvalue weighted by Gasteiger charge is 2.00. The molecule has 0 bridgehead atoms. The highest BCUT2D eigenvalue weighted by Crippen LogP contribution is 2.23. The van der Waals surface area contributed by atoms with Crippen molar-refractivity contribution in [3.63, 3.8) is 0 Å². The van der Waals surface area contributed by atoms with E-state index in [9.17, 15) is 0 Å². The van der Waals surface area contributed by atoms with Crippen molar-refractivity contribution in [1.29, 1.82) is 0 Å². The van der Waals surface area contributed by atoms with Gasteiger partial charge in [0.25, 0.3) is 0 Å². The molecule has 0 aromatic heterocycles. The molecule has 0 aromatic rings. The Hall–Kier alpha value is -0.200. The monoisotopic (exact) mass is 204 g/mol. The Morgan fingerprint density at radius 1 is 1.33 bits per heavy atom. The molecule has 0 radical (unpaired) electrons. The summed E-state index contributed by atoms with van der Waals surface area (Å²) in [5.74, 6) is 0. The zero-order valence-electron chi connectivity index (χ0n) is 7.75. The van der Waals surface area contributed by atoms with Gasteiger partial charge >= 0.3 is 0 Å². The molecule has 68 valence electrons. The lowest BCUT2D eigenvalue weighted by molar-refractivity contribution is 1.16. The van der Waals surface area contributed by atoms with E-state index < -0.39 is 0 Å². The summed E-state index contributed by atoms with van der Waals surface area (Å²) in [6.45, 7) is 9.54. The summed E-state index contributed by atoms with van der Waals surface area (Å²) in [5, 5.41) is 1.48. The summed E-state index contributed by atoms with van der Waals surface area (Å²) in [4.78, 5) is 0. The molecule has 0 rings (SSSR count). The lowest BCUT2D eigenvalue weighted by atomic mass is 10.2. The number of hydrogen-bond donors (Lipinski definition) is 0. The van der Waals surface area contributed by atoms with E-state index in [4.69, 9.17) is 23.2 Å². The Labute approximate surface area is 84.6 Å². The van der Waals surface area contributed by atoms with Crippen LogP contribution in [0.1, 0.15) is 27.2 Å². The van der Waals surface area contributed by atoms with Crippen LogP contribution >= 0.6 is 23.2 Å². The van der Waals surface area contributed by atoms with E-state index in [0.717, 1.165) is 22.6 Å². The van der Waals surface area contributed by atoms with Gasteiger partial charge in [-0.25, -0.2) is 0 Å². The predicted octanol–water partition coefficient (Wildman–Crippen LogP) is 4.61. The molecule has 0 aliphatic carbocycles. The van der Waals surface area contributed by atoms with E-state index in [1.54, 1.807) is 0 Å². The Morgan fingerprint density at radius 3 is 2.17 bits per heavy atom. The van der Waals surface area contributed by atoms with E-state index in [1.165, 1.54) is 0 Å². The number of halogens is 2. The first-order valence-electron chi connectivity index (χ1n) is 3.87. The maximum absolute atomic E-state index is 5.96. The van der Waals surface area contributed by atoms with E-state index in [0.29, 0.717) is 5.03 Å². The molecule has 0 heterocycles. The van der Waals surface area contributed by atoms with Crippen LogP contribution in [-0.2, 0) is 0 Å². The van der Waals surface area contributed by atoms with Crippen LogP contribution in [-0.4, -0.2) is 0 Å². The summed E-state index contributed by atoms with van der Waals surface area (Å²) < 4.78 is 0. The molecular weight excluding hydrogens is 191 g/mol. The third-order valence-electron chi connectivity index (χ3n) is 1.45. The minimum Gasteiger partial charge on any atom is -0.0961 e. The van der Waals surface area contributed by atoms with Crippen LogP contribution in [0.5, 0.6) is 0 Å². The molecule has 0 aliphatic rings. The summed E-state index contributed by atoms with van der Waals surface area (Å²) in [5.41, 5.74) is 1.86. The second-order valence-corrected chi connectivity index (χ2v) is 3.59. The Balaban J connectivity index is 4.70. The minimum atomic E-state index is 0.675. The van der Waals surface area contributed by atoms with Crippen LogP contribution in [0, 0.1) is 0 Å². The van der Waals surface area contributed by atoms with Crippen molar-refractivity contribution in [2.24, 2.45) is 0 Å². The maximum Gasteiger partial charge on any atom is 0.0449 e. The molecule has 0 spiro atoms. The molecule has 12 heavy (non-hydrogen) atoms. The third kappa shape index (κ3) is 3.99. The first-order valence-corrected chi connectivity index (χ1v) is 4.63. The minimum absolute atomic E-state index is 0.675. The van der Waals surface area contributed by atoms with Crippen molar-refractivity contribution < 1.29 is 0 Å². The first-order chi connectivity index (χ1) is 5.49. The van der Waals surface area contributed by atoms with Crippen LogP contribution in [0.4, 0.5) is 0 Å². The Kier molecular flexibility index (Phi) is 5.36. The van der Waals surface area contributed by atoms with Crippen LogP contribution in [0.15, 0.2) is 33.9 Å². The second kappa shape index (κ2) is 5.45. The molecule has 2 heteroatoms. The number of hydrogen-bond acceptors (Lipinski definition) is 0. The van der Waals surface area contributed by atoms with Gasteiger partial charge in [0.2, 0.25) is 0 Å². The Bertz CT molecular complexity index is 234. The molecule has 0 nitrogen and oxygen atoms in total. The SMILES string of the molecule is C=C(C)/C=C(Cl)\C(C)=C(\Cl)CC. The summed E-state index contributed by atoms with van der Waals surface area (Å²) in [7, 11) is 0. The van der Waals surface area contributed by atoms with Gasteiger partial charge in [-0.1, -0.05) is 42.3 Å². The average molecular weight is 205 g/mol. The average Bonchev–Trinajstić information content (AvgIpc) is 2.00. The quantitative estimate of drug-likeness (QED) is 0.590. The smallest absolute Gasteiger partial charge is 0.0449 e. The highest BCUT2D eigenvalue weighted by molar-refractivity contribution is 6.35. The molecule has 0 atom stereocenters. The summed E-state index contributed by atoms with van der Waals surface area (Å²) >= 11 is 11.9. The molecule has 0 saturated carbocycles. The van der Waals surface area contributed by atoms with Crippen LogP contribution < -0.4 is 0 Å². The zero-order valence-corrected chi connectivity index (χ0v) is 9.26. The van der Waals surface area contributed by atoms with Crippen molar-refractivity contribution in [3.05, 3.63) is 33.9 Å². The molecule has 0 fully saturated rings. The fourth-order valence-electron chi connectivity index (χ4n) is 0.719. The number of allylic oxidation sites excluding steroid dienone is 5. The second-order valence-electron chi connectivity index (χ2n) is 2.72. The maximum atomic E-state index is 5.96. The molecule has 0 aromatic carbocycles. The first kappa shape index (κ1) is 11.8. The van der Waals surface area contributed by atoms with Gasteiger partial charge in [0, 0.05) is 10.1 Å². The van der Waals surface area contributed by atoms with Gasteiger partial charge in [-0.2, -0.15) is 0 Å². The third-order valence-corrected chi connectivity index (χ3v) is 2.39. The standard InChI is InChI=1S/C10H14Cl2/c1-5-9(11)8(4)10(12)6-7(2)3/h6H,2,5H2,1,3-4H3/b9-8+,10-6+. The van der Waals surface area contributed by atoms with Gasteiger partial charge in [0.05, 0.1) is 0 Å². The fourth-order valence-corrected chi connectivity index (χ4v) is 1.17. The van der Waals surface area contributed by atoms with Crippen molar-refractivity contribution in [2.75, 3.05) is 0 Å². The topological polar surface area (TPSA) is 0 Å². The molecular formula is C10H14Cl2. The van der Waals surface area contributed by atoms with Crippen LogP contribution in [0.2, 0.25) is 0 Å². The van der Waals surface area contributed by atoms with Crippen molar-refractivity contribution >= 4 is 23.2 Å². The van der Waals surface area contributed by atoms with Gasteiger partial charge in [-0.3, -0.25) is 0 Å². The molecule has 0 saturated heterocycles.